The second-order valence-corrected chi connectivity index (χ2v) is 5.60. The number of rotatable bonds is 0. The van der Waals surface area contributed by atoms with Gasteiger partial charge in [0.25, 0.3) is 0 Å². The molecule has 0 spiro atoms. The van der Waals surface area contributed by atoms with Crippen LogP contribution < -0.4 is 4.57 Å². The van der Waals surface area contributed by atoms with Gasteiger partial charge in [0.1, 0.15) is 10.4 Å². The molecule has 4 aromatic rings. The number of oxazole rings is 1. The summed E-state index contributed by atoms with van der Waals surface area (Å²) in [5.74, 6) is 0.912. The van der Waals surface area contributed by atoms with Crippen molar-refractivity contribution >= 4 is 32.0 Å². The van der Waals surface area contributed by atoms with Crippen LogP contribution in [0.4, 0.5) is 0 Å². The minimum atomic E-state index is 0.854. The molecule has 19 heavy (non-hydrogen) atoms. The van der Waals surface area contributed by atoms with E-state index in [2.05, 4.69) is 26.7 Å². The largest absolute Gasteiger partial charge is 0.396 e. The van der Waals surface area contributed by atoms with Crippen molar-refractivity contribution in [2.75, 3.05) is 0 Å². The second-order valence-electron chi connectivity index (χ2n) is 4.62. The van der Waals surface area contributed by atoms with Crippen LogP contribution in [0.25, 0.3) is 32.1 Å². The number of nitrogens with zero attached hydrogens (tertiary/aromatic N) is 3. The Morgan fingerprint density at radius 3 is 3.26 bits per heavy atom. The molecule has 1 aliphatic rings. The zero-order valence-corrected chi connectivity index (χ0v) is 10.6. The Bertz CT molecular complexity index is 954. The van der Waals surface area contributed by atoms with Crippen molar-refractivity contribution in [1.29, 1.82) is 0 Å². The first-order valence-electron chi connectivity index (χ1n) is 6.05. The summed E-state index contributed by atoms with van der Waals surface area (Å²) in [4.78, 5) is 10.8. The molecule has 0 amide bonds. The SMILES string of the molecule is c1cnc2sc3c(oc4[n+]3Cc3ccncc3-4)c2c1. The van der Waals surface area contributed by atoms with E-state index in [4.69, 9.17) is 4.42 Å². The van der Waals surface area contributed by atoms with Crippen LogP contribution in [0, 0.1) is 0 Å². The van der Waals surface area contributed by atoms with E-state index in [1.807, 2.05) is 24.7 Å². The molecule has 0 saturated carbocycles. The van der Waals surface area contributed by atoms with Crippen LogP contribution in [0.15, 0.2) is 41.2 Å². The van der Waals surface area contributed by atoms with Gasteiger partial charge in [-0.3, -0.25) is 4.98 Å². The van der Waals surface area contributed by atoms with Gasteiger partial charge in [0.05, 0.1) is 5.39 Å². The maximum atomic E-state index is 6.08. The summed E-state index contributed by atoms with van der Waals surface area (Å²) in [6.45, 7) is 0.854. The maximum absolute atomic E-state index is 6.08. The Morgan fingerprint density at radius 1 is 1.26 bits per heavy atom. The number of fused-ring (bicyclic) bond motifs is 7. The standard InChI is InChI=1S/C14H8N3OS/c1-2-9-11-14(19-12(9)16-4-1)17-7-8-3-5-15-6-10(8)13(17)18-11/h1-6H,7H2/q+1. The Morgan fingerprint density at radius 2 is 2.26 bits per heavy atom. The van der Waals surface area contributed by atoms with Crippen LogP contribution in [0.2, 0.25) is 0 Å². The first-order chi connectivity index (χ1) is 9.42. The van der Waals surface area contributed by atoms with Gasteiger partial charge in [-0.2, -0.15) is 0 Å². The van der Waals surface area contributed by atoms with Gasteiger partial charge in [-0.05, 0) is 29.5 Å². The molecule has 0 aliphatic carbocycles. The summed E-state index contributed by atoms with van der Waals surface area (Å²) >= 11 is 1.68. The minimum absolute atomic E-state index is 0.854. The van der Waals surface area contributed by atoms with Gasteiger partial charge in [0.15, 0.2) is 6.54 Å². The fourth-order valence-corrected chi connectivity index (χ4v) is 3.76. The molecule has 5 heterocycles. The minimum Gasteiger partial charge on any atom is -0.396 e. The lowest BCUT2D eigenvalue weighted by atomic mass is 10.2. The number of pyridine rings is 2. The van der Waals surface area contributed by atoms with E-state index in [0.29, 0.717) is 0 Å². The lowest BCUT2D eigenvalue weighted by Gasteiger charge is -1.88. The summed E-state index contributed by atoms with van der Waals surface area (Å²) < 4.78 is 8.30. The highest BCUT2D eigenvalue weighted by Gasteiger charge is 2.35. The average molecular weight is 266 g/mol. The van der Waals surface area contributed by atoms with Crippen LogP contribution >= 0.6 is 11.3 Å². The number of thiophene rings is 1. The zero-order chi connectivity index (χ0) is 12.4. The third kappa shape index (κ3) is 1.11. The molecule has 1 aliphatic heterocycles. The third-order valence-corrected chi connectivity index (χ3v) is 4.68. The number of aromatic nitrogens is 3. The van der Waals surface area contributed by atoms with Gasteiger partial charge in [-0.15, -0.1) is 4.57 Å². The number of hydrogen-bond donors (Lipinski definition) is 0. The maximum Gasteiger partial charge on any atom is 0.384 e. The Hall–Kier alpha value is -2.27. The predicted molar refractivity (Wildman–Crippen MR) is 71.9 cm³/mol. The van der Waals surface area contributed by atoms with Crippen LogP contribution in [0.3, 0.4) is 0 Å². The van der Waals surface area contributed by atoms with Gasteiger partial charge in [0, 0.05) is 24.2 Å². The number of hydrogen-bond acceptors (Lipinski definition) is 4. The molecule has 4 nitrogen and oxygen atoms in total. The van der Waals surface area contributed by atoms with Gasteiger partial charge in [-0.1, -0.05) is 0 Å². The molecule has 0 fully saturated rings. The molecule has 0 aromatic carbocycles. The molecule has 5 heteroatoms. The fraction of sp³-hybridized carbons (Fsp3) is 0.0714. The molecule has 90 valence electrons. The lowest BCUT2D eigenvalue weighted by molar-refractivity contribution is -0.647. The van der Waals surface area contributed by atoms with Crippen molar-refractivity contribution in [2.24, 2.45) is 0 Å². The first kappa shape index (κ1) is 9.63. The van der Waals surface area contributed by atoms with E-state index in [9.17, 15) is 0 Å². The van der Waals surface area contributed by atoms with Crippen molar-refractivity contribution in [2.45, 2.75) is 6.54 Å². The van der Waals surface area contributed by atoms with Crippen LogP contribution in [0.5, 0.6) is 0 Å². The van der Waals surface area contributed by atoms with Crippen molar-refractivity contribution in [3.05, 3.63) is 42.4 Å². The van der Waals surface area contributed by atoms with Crippen molar-refractivity contribution in [3.63, 3.8) is 0 Å². The normalized spacial score (nSPS) is 13.1. The highest BCUT2D eigenvalue weighted by atomic mass is 32.1. The zero-order valence-electron chi connectivity index (χ0n) is 9.83. The fourth-order valence-electron chi connectivity index (χ4n) is 2.69. The van der Waals surface area contributed by atoms with E-state index in [1.165, 1.54) is 5.56 Å². The topological polar surface area (TPSA) is 42.8 Å². The van der Waals surface area contributed by atoms with Crippen LogP contribution in [-0.4, -0.2) is 9.97 Å². The molecular formula is C14H8N3OS+. The van der Waals surface area contributed by atoms with E-state index >= 15 is 0 Å². The highest BCUT2D eigenvalue weighted by molar-refractivity contribution is 7.24. The van der Waals surface area contributed by atoms with E-state index in [0.717, 1.165) is 38.6 Å². The molecule has 0 saturated heterocycles. The molecule has 0 radical (unpaired) electrons. The first-order valence-corrected chi connectivity index (χ1v) is 6.86. The third-order valence-electron chi connectivity index (χ3n) is 3.56. The van der Waals surface area contributed by atoms with E-state index in [1.54, 1.807) is 11.3 Å². The lowest BCUT2D eigenvalue weighted by Crippen LogP contribution is -2.29. The average Bonchev–Trinajstić information content (AvgIpc) is 3.07. The summed E-state index contributed by atoms with van der Waals surface area (Å²) in [6.07, 6.45) is 5.53. The van der Waals surface area contributed by atoms with E-state index < -0.39 is 0 Å². The Kier molecular flexibility index (Phi) is 1.62. The molecule has 0 N–H and O–H groups in total. The molecule has 0 bridgehead atoms. The summed E-state index contributed by atoms with van der Waals surface area (Å²) in [6, 6.07) is 6.06. The Balaban J connectivity index is 1.93. The van der Waals surface area contributed by atoms with Crippen LogP contribution in [-0.2, 0) is 6.54 Å². The Labute approximate surface area is 112 Å². The molecule has 5 rings (SSSR count). The van der Waals surface area contributed by atoms with Crippen molar-refractivity contribution < 1.29 is 8.98 Å². The summed E-state index contributed by atoms with van der Waals surface area (Å²) in [5, 5.41) is 1.09. The van der Waals surface area contributed by atoms with Crippen molar-refractivity contribution in [1.82, 2.24) is 9.97 Å². The second kappa shape index (κ2) is 3.19. The monoisotopic (exact) mass is 266 g/mol. The highest BCUT2D eigenvalue weighted by Crippen LogP contribution is 2.37. The van der Waals surface area contributed by atoms with Gasteiger partial charge in [0.2, 0.25) is 5.58 Å². The predicted octanol–water partition coefficient (Wildman–Crippen LogP) is 2.75. The summed E-state index contributed by atoms with van der Waals surface area (Å²) in [7, 11) is 0. The molecule has 0 unspecified atom stereocenters. The molecule has 4 aromatic heterocycles. The van der Waals surface area contributed by atoms with Gasteiger partial charge >= 0.3 is 10.7 Å². The van der Waals surface area contributed by atoms with Crippen molar-refractivity contribution in [3.8, 4) is 11.5 Å². The smallest absolute Gasteiger partial charge is 0.384 e. The van der Waals surface area contributed by atoms with Gasteiger partial charge in [-0.25, -0.2) is 4.98 Å². The molecular weight excluding hydrogens is 258 g/mol. The molecule has 0 atom stereocenters. The quantitative estimate of drug-likeness (QED) is 0.405. The van der Waals surface area contributed by atoms with Gasteiger partial charge < -0.3 is 4.42 Å². The van der Waals surface area contributed by atoms with Crippen LogP contribution in [0.1, 0.15) is 5.56 Å². The summed E-state index contributed by atoms with van der Waals surface area (Å²) in [5.41, 5.74) is 3.31. The van der Waals surface area contributed by atoms with E-state index in [-0.39, 0.29) is 0 Å².